The molecule has 1 aromatic rings. The van der Waals surface area contributed by atoms with Crippen LogP contribution < -0.4 is 5.73 Å². The Kier molecular flexibility index (Phi) is 5.69. The minimum absolute atomic E-state index is 0.0655. The zero-order chi connectivity index (χ0) is 15.3. The third-order valence-corrected chi connectivity index (χ3v) is 3.45. The van der Waals surface area contributed by atoms with Gasteiger partial charge in [0.25, 0.3) is 0 Å². The fourth-order valence-corrected chi connectivity index (χ4v) is 2.27. The molecule has 0 saturated carbocycles. The van der Waals surface area contributed by atoms with Crippen LogP contribution in [0, 0.1) is 17.2 Å². The number of nitrogens with zero attached hydrogens (tertiary/aromatic N) is 1. The van der Waals surface area contributed by atoms with E-state index in [1.807, 2.05) is 26.8 Å². The van der Waals surface area contributed by atoms with Gasteiger partial charge in [-0.1, -0.05) is 32.9 Å². The maximum absolute atomic E-state index is 13.1. The van der Waals surface area contributed by atoms with Crippen LogP contribution in [-0.4, -0.2) is 30.9 Å². The molecular formula is C16H25FN2O. The predicted molar refractivity (Wildman–Crippen MR) is 79.7 cm³/mol. The first kappa shape index (κ1) is 16.6. The molecule has 0 fully saturated rings. The van der Waals surface area contributed by atoms with E-state index in [-0.39, 0.29) is 23.1 Å². The van der Waals surface area contributed by atoms with Crippen molar-refractivity contribution in [3.8, 4) is 0 Å². The molecule has 1 aromatic carbocycles. The number of nitrogens with two attached hydrogens (primary N) is 1. The van der Waals surface area contributed by atoms with Crippen LogP contribution in [0.3, 0.4) is 0 Å². The number of benzene rings is 1. The van der Waals surface area contributed by atoms with Gasteiger partial charge in [-0.3, -0.25) is 4.79 Å². The van der Waals surface area contributed by atoms with E-state index in [2.05, 4.69) is 0 Å². The van der Waals surface area contributed by atoms with Gasteiger partial charge >= 0.3 is 0 Å². The number of carbonyl (C=O) groups excluding carboxylic acids is 1. The minimum Gasteiger partial charge on any atom is -0.345 e. The van der Waals surface area contributed by atoms with Crippen molar-refractivity contribution in [1.82, 2.24) is 4.90 Å². The van der Waals surface area contributed by atoms with Crippen LogP contribution in [0.4, 0.5) is 4.39 Å². The van der Waals surface area contributed by atoms with Gasteiger partial charge in [0.2, 0.25) is 5.91 Å². The van der Waals surface area contributed by atoms with Crippen LogP contribution >= 0.6 is 0 Å². The molecule has 0 bridgehead atoms. The molecule has 0 saturated heterocycles. The largest absolute Gasteiger partial charge is 0.345 e. The summed E-state index contributed by atoms with van der Waals surface area (Å²) >= 11 is 0. The number of hydrogen-bond donors (Lipinski definition) is 1. The number of carbonyl (C=O) groups is 1. The second kappa shape index (κ2) is 6.84. The first-order chi connectivity index (χ1) is 9.25. The SMILES string of the molecule is CC(Cc1cccc(F)c1)C(=O)N(C)CC(C)(C)CN. The summed E-state index contributed by atoms with van der Waals surface area (Å²) in [6.07, 6.45) is 0.546. The average molecular weight is 280 g/mol. The first-order valence-electron chi connectivity index (χ1n) is 6.94. The van der Waals surface area contributed by atoms with Crippen LogP contribution in [0.2, 0.25) is 0 Å². The summed E-state index contributed by atoms with van der Waals surface area (Å²) in [6, 6.07) is 6.40. The highest BCUT2D eigenvalue weighted by molar-refractivity contribution is 5.78. The molecule has 1 atom stereocenters. The quantitative estimate of drug-likeness (QED) is 0.870. The van der Waals surface area contributed by atoms with Gasteiger partial charge < -0.3 is 10.6 Å². The molecule has 0 radical (unpaired) electrons. The van der Waals surface area contributed by atoms with Crippen molar-refractivity contribution < 1.29 is 9.18 Å². The van der Waals surface area contributed by atoms with Gasteiger partial charge in [-0.2, -0.15) is 0 Å². The topological polar surface area (TPSA) is 46.3 Å². The summed E-state index contributed by atoms with van der Waals surface area (Å²) in [5.41, 5.74) is 6.44. The summed E-state index contributed by atoms with van der Waals surface area (Å²) < 4.78 is 13.1. The van der Waals surface area contributed by atoms with E-state index < -0.39 is 0 Å². The molecule has 0 spiro atoms. The van der Waals surface area contributed by atoms with Crippen molar-refractivity contribution in [3.05, 3.63) is 35.6 Å². The fourth-order valence-electron chi connectivity index (χ4n) is 2.27. The normalized spacial score (nSPS) is 13.1. The van der Waals surface area contributed by atoms with Crippen molar-refractivity contribution in [3.63, 3.8) is 0 Å². The smallest absolute Gasteiger partial charge is 0.225 e. The Labute approximate surface area is 121 Å². The second-order valence-electron chi connectivity index (χ2n) is 6.30. The van der Waals surface area contributed by atoms with Crippen molar-refractivity contribution in [2.75, 3.05) is 20.1 Å². The monoisotopic (exact) mass is 280 g/mol. The highest BCUT2D eigenvalue weighted by Gasteiger charge is 2.24. The molecule has 0 heterocycles. The zero-order valence-electron chi connectivity index (χ0n) is 12.8. The van der Waals surface area contributed by atoms with Gasteiger partial charge in [0.05, 0.1) is 0 Å². The third-order valence-electron chi connectivity index (χ3n) is 3.45. The lowest BCUT2D eigenvalue weighted by Crippen LogP contribution is -2.42. The molecule has 20 heavy (non-hydrogen) atoms. The van der Waals surface area contributed by atoms with Gasteiger partial charge in [0.1, 0.15) is 5.82 Å². The van der Waals surface area contributed by atoms with Crippen LogP contribution in [0.25, 0.3) is 0 Å². The number of halogens is 1. The third kappa shape index (κ3) is 4.93. The van der Waals surface area contributed by atoms with E-state index in [9.17, 15) is 9.18 Å². The summed E-state index contributed by atoms with van der Waals surface area (Å²) in [6.45, 7) is 7.10. The van der Waals surface area contributed by atoms with Crippen molar-refractivity contribution in [2.24, 2.45) is 17.1 Å². The van der Waals surface area contributed by atoms with Crippen LogP contribution in [-0.2, 0) is 11.2 Å². The Bertz CT molecular complexity index is 460. The van der Waals surface area contributed by atoms with Gasteiger partial charge in [-0.25, -0.2) is 4.39 Å². The standard InChI is InChI=1S/C16H25FN2O/c1-12(8-13-6-5-7-14(17)9-13)15(20)19(4)11-16(2,3)10-18/h5-7,9,12H,8,10-11,18H2,1-4H3. The van der Waals surface area contributed by atoms with Crippen LogP contribution in [0.1, 0.15) is 26.3 Å². The Morgan fingerprint density at radius 1 is 1.45 bits per heavy atom. The molecular weight excluding hydrogens is 255 g/mol. The molecule has 1 rings (SSSR count). The molecule has 0 aliphatic carbocycles. The van der Waals surface area contributed by atoms with Crippen LogP contribution in [0.5, 0.6) is 0 Å². The van der Waals surface area contributed by atoms with Gasteiger partial charge in [0, 0.05) is 19.5 Å². The molecule has 3 nitrogen and oxygen atoms in total. The molecule has 1 unspecified atom stereocenters. The number of amides is 1. The summed E-state index contributed by atoms with van der Waals surface area (Å²) in [5, 5.41) is 0. The first-order valence-corrected chi connectivity index (χ1v) is 6.94. The van der Waals surface area contributed by atoms with E-state index in [0.717, 1.165) is 5.56 Å². The molecule has 1 amide bonds. The maximum Gasteiger partial charge on any atom is 0.225 e. The van der Waals surface area contributed by atoms with E-state index in [1.54, 1.807) is 18.0 Å². The Balaban J connectivity index is 2.63. The summed E-state index contributed by atoms with van der Waals surface area (Å²) in [4.78, 5) is 14.0. The van der Waals surface area contributed by atoms with Gasteiger partial charge in [0.15, 0.2) is 0 Å². The Hall–Kier alpha value is -1.42. The fraction of sp³-hybridized carbons (Fsp3) is 0.562. The minimum atomic E-state index is -0.264. The molecule has 2 N–H and O–H groups in total. The molecule has 0 aromatic heterocycles. The lowest BCUT2D eigenvalue weighted by atomic mass is 9.92. The van der Waals surface area contributed by atoms with Gasteiger partial charge in [-0.05, 0) is 36.1 Å². The predicted octanol–water partition coefficient (Wildman–Crippen LogP) is 2.45. The maximum atomic E-state index is 13.1. The second-order valence-corrected chi connectivity index (χ2v) is 6.30. The average Bonchev–Trinajstić information content (AvgIpc) is 2.37. The number of rotatable bonds is 6. The van der Waals surface area contributed by atoms with E-state index in [4.69, 9.17) is 5.73 Å². The highest BCUT2D eigenvalue weighted by atomic mass is 19.1. The molecule has 112 valence electrons. The van der Waals surface area contributed by atoms with Crippen molar-refractivity contribution in [1.29, 1.82) is 0 Å². The molecule has 4 heteroatoms. The lowest BCUT2D eigenvalue weighted by Gasteiger charge is -2.30. The Morgan fingerprint density at radius 3 is 2.65 bits per heavy atom. The van der Waals surface area contributed by atoms with E-state index >= 15 is 0 Å². The lowest BCUT2D eigenvalue weighted by molar-refractivity contribution is -0.134. The zero-order valence-corrected chi connectivity index (χ0v) is 12.8. The summed E-state index contributed by atoms with van der Waals surface area (Å²) in [5.74, 6) is -0.370. The van der Waals surface area contributed by atoms with Crippen molar-refractivity contribution in [2.45, 2.75) is 27.2 Å². The highest BCUT2D eigenvalue weighted by Crippen LogP contribution is 2.17. The molecule has 0 aliphatic heterocycles. The van der Waals surface area contributed by atoms with Crippen molar-refractivity contribution >= 4 is 5.91 Å². The Morgan fingerprint density at radius 2 is 2.10 bits per heavy atom. The molecule has 0 aliphatic rings. The van der Waals surface area contributed by atoms with E-state index in [0.29, 0.717) is 19.5 Å². The number of hydrogen-bond acceptors (Lipinski definition) is 2. The van der Waals surface area contributed by atoms with Gasteiger partial charge in [-0.15, -0.1) is 0 Å². The summed E-state index contributed by atoms with van der Waals surface area (Å²) in [7, 11) is 1.79. The van der Waals surface area contributed by atoms with E-state index in [1.165, 1.54) is 12.1 Å². The van der Waals surface area contributed by atoms with Crippen LogP contribution in [0.15, 0.2) is 24.3 Å².